The number of unbranched alkanes of at least 4 members (excludes halogenated alkanes) is 6. The maximum Gasteiger partial charge on any atom is 0.253 e. The van der Waals surface area contributed by atoms with Crippen LogP contribution >= 0.6 is 28.6 Å². The Kier molecular flexibility index (Phi) is 8.55. The lowest BCUT2D eigenvalue weighted by atomic mass is 10.1. The van der Waals surface area contributed by atoms with Crippen molar-refractivity contribution in [2.45, 2.75) is 58.4 Å². The molecule has 0 saturated heterocycles. The average Bonchev–Trinajstić information content (AvgIpc) is 2.38. The van der Waals surface area contributed by atoms with Gasteiger partial charge in [-0.3, -0.25) is 4.79 Å². The van der Waals surface area contributed by atoms with Crippen LogP contribution in [0, 0.1) is 6.92 Å². The van der Waals surface area contributed by atoms with E-state index in [1.54, 1.807) is 0 Å². The second-order valence-electron chi connectivity index (χ2n) is 5.04. The third kappa shape index (κ3) is 6.66. The molecule has 2 nitrogen and oxygen atoms in total. The molecule has 1 rings (SSSR count). The summed E-state index contributed by atoms with van der Waals surface area (Å²) in [6.07, 6.45) is 10.6. The summed E-state index contributed by atoms with van der Waals surface area (Å²) >= 11 is 7.65. The highest BCUT2D eigenvalue weighted by atomic mass is 79.9. The van der Waals surface area contributed by atoms with Crippen molar-refractivity contribution in [2.75, 3.05) is 5.75 Å². The molecule has 19 heavy (non-hydrogen) atoms. The number of nitrogens with zero attached hydrogens (tertiary/aromatic N) is 1. The van der Waals surface area contributed by atoms with Crippen LogP contribution in [-0.2, 0) is 6.54 Å². The summed E-state index contributed by atoms with van der Waals surface area (Å²) < 4.78 is 2.80. The van der Waals surface area contributed by atoms with Crippen LogP contribution in [0.15, 0.2) is 21.5 Å². The van der Waals surface area contributed by atoms with Crippen LogP contribution in [0.5, 0.6) is 0 Å². The summed E-state index contributed by atoms with van der Waals surface area (Å²) in [6, 6.07) is 1.88. The third-order valence-corrected chi connectivity index (χ3v) is 4.04. The summed E-state index contributed by atoms with van der Waals surface area (Å²) in [5.74, 6) is 1.01. The van der Waals surface area contributed by atoms with Crippen molar-refractivity contribution >= 4 is 28.6 Å². The number of hydrogen-bond acceptors (Lipinski definition) is 2. The highest BCUT2D eigenvalue weighted by molar-refractivity contribution is 9.10. The Morgan fingerprint density at radius 3 is 2.32 bits per heavy atom. The van der Waals surface area contributed by atoms with Crippen molar-refractivity contribution in [2.24, 2.45) is 0 Å². The molecule has 0 bridgehead atoms. The molecule has 0 amide bonds. The molecule has 0 fully saturated rings. The van der Waals surface area contributed by atoms with E-state index in [0.717, 1.165) is 28.8 Å². The Balaban J connectivity index is 2.21. The van der Waals surface area contributed by atoms with Gasteiger partial charge in [-0.05, 0) is 47.5 Å². The number of thiol groups is 1. The molecule has 0 spiro atoms. The number of aryl methyl sites for hydroxylation is 2. The van der Waals surface area contributed by atoms with Crippen LogP contribution in [0.2, 0.25) is 0 Å². The number of hydrogen-bond donors (Lipinski definition) is 1. The molecular formula is C15H24BrNOS. The van der Waals surface area contributed by atoms with E-state index in [2.05, 4.69) is 28.6 Å². The van der Waals surface area contributed by atoms with Crippen LogP contribution in [-0.4, -0.2) is 10.3 Å². The van der Waals surface area contributed by atoms with Gasteiger partial charge in [0.1, 0.15) is 0 Å². The SMILES string of the molecule is Cc1cc(Br)cn(CCCCCCCCCS)c1=O. The fourth-order valence-corrected chi connectivity index (χ4v) is 3.00. The predicted octanol–water partition coefficient (Wildman–Crippen LogP) is 4.58. The Morgan fingerprint density at radius 1 is 1.11 bits per heavy atom. The first kappa shape index (κ1) is 16.8. The van der Waals surface area contributed by atoms with Crippen molar-refractivity contribution in [3.63, 3.8) is 0 Å². The second kappa shape index (κ2) is 9.65. The van der Waals surface area contributed by atoms with E-state index in [0.29, 0.717) is 0 Å². The fourth-order valence-electron chi connectivity index (χ4n) is 2.18. The second-order valence-corrected chi connectivity index (χ2v) is 6.40. The minimum Gasteiger partial charge on any atom is -0.314 e. The van der Waals surface area contributed by atoms with Crippen LogP contribution < -0.4 is 5.56 Å². The number of halogens is 1. The topological polar surface area (TPSA) is 22.0 Å². The van der Waals surface area contributed by atoms with Gasteiger partial charge in [0.05, 0.1) is 0 Å². The van der Waals surface area contributed by atoms with Crippen LogP contribution in [0.4, 0.5) is 0 Å². The first-order chi connectivity index (χ1) is 9.15. The van der Waals surface area contributed by atoms with Gasteiger partial charge in [0, 0.05) is 22.8 Å². The summed E-state index contributed by atoms with van der Waals surface area (Å²) in [6.45, 7) is 2.70. The van der Waals surface area contributed by atoms with Gasteiger partial charge in [0.2, 0.25) is 0 Å². The van der Waals surface area contributed by atoms with Gasteiger partial charge >= 0.3 is 0 Å². The summed E-state index contributed by atoms with van der Waals surface area (Å²) in [4.78, 5) is 11.9. The van der Waals surface area contributed by atoms with Gasteiger partial charge in [-0.25, -0.2) is 0 Å². The van der Waals surface area contributed by atoms with Crippen LogP contribution in [0.3, 0.4) is 0 Å². The van der Waals surface area contributed by atoms with Crippen LogP contribution in [0.25, 0.3) is 0 Å². The first-order valence-corrected chi connectivity index (χ1v) is 8.55. The smallest absolute Gasteiger partial charge is 0.253 e. The molecule has 4 heteroatoms. The molecule has 0 atom stereocenters. The minimum absolute atomic E-state index is 0.136. The molecule has 1 aromatic rings. The minimum atomic E-state index is 0.136. The Labute approximate surface area is 130 Å². The Bertz CT molecular complexity index is 431. The zero-order chi connectivity index (χ0) is 14.1. The summed E-state index contributed by atoms with van der Waals surface area (Å²) in [5.41, 5.74) is 0.943. The van der Waals surface area contributed by atoms with E-state index < -0.39 is 0 Å². The summed E-state index contributed by atoms with van der Waals surface area (Å²) in [7, 11) is 0. The van der Waals surface area contributed by atoms with E-state index in [9.17, 15) is 4.79 Å². The lowest BCUT2D eigenvalue weighted by Gasteiger charge is -2.07. The van der Waals surface area contributed by atoms with Crippen molar-refractivity contribution in [1.29, 1.82) is 0 Å². The zero-order valence-corrected chi connectivity index (χ0v) is 14.2. The van der Waals surface area contributed by atoms with E-state index >= 15 is 0 Å². The molecule has 0 radical (unpaired) electrons. The maximum absolute atomic E-state index is 11.9. The van der Waals surface area contributed by atoms with Crippen LogP contribution in [0.1, 0.15) is 50.5 Å². The fraction of sp³-hybridized carbons (Fsp3) is 0.667. The average molecular weight is 346 g/mol. The largest absolute Gasteiger partial charge is 0.314 e. The van der Waals surface area contributed by atoms with Gasteiger partial charge in [0.15, 0.2) is 0 Å². The lowest BCUT2D eigenvalue weighted by molar-refractivity contribution is 0.542. The molecule has 0 aliphatic carbocycles. The molecule has 1 aromatic heterocycles. The van der Waals surface area contributed by atoms with Gasteiger partial charge < -0.3 is 4.57 Å². The molecule has 0 N–H and O–H groups in total. The first-order valence-electron chi connectivity index (χ1n) is 7.12. The predicted molar refractivity (Wildman–Crippen MR) is 89.3 cm³/mol. The normalized spacial score (nSPS) is 10.9. The van der Waals surface area contributed by atoms with Gasteiger partial charge in [-0.2, -0.15) is 12.6 Å². The lowest BCUT2D eigenvalue weighted by Crippen LogP contribution is -2.21. The summed E-state index contributed by atoms with van der Waals surface area (Å²) in [5, 5.41) is 0. The number of rotatable bonds is 9. The number of aromatic nitrogens is 1. The highest BCUT2D eigenvalue weighted by Gasteiger charge is 2.01. The maximum atomic E-state index is 11.9. The van der Waals surface area contributed by atoms with Gasteiger partial charge in [-0.15, -0.1) is 0 Å². The molecule has 108 valence electrons. The van der Waals surface area contributed by atoms with Crippen molar-refractivity contribution < 1.29 is 0 Å². The highest BCUT2D eigenvalue weighted by Crippen LogP contribution is 2.10. The quantitative estimate of drug-likeness (QED) is 0.513. The Hall–Kier alpha value is -0.220. The van der Waals surface area contributed by atoms with E-state index in [1.165, 1.54) is 38.5 Å². The Morgan fingerprint density at radius 2 is 1.68 bits per heavy atom. The molecular weight excluding hydrogens is 322 g/mol. The molecule has 1 heterocycles. The number of pyridine rings is 1. The zero-order valence-electron chi connectivity index (χ0n) is 11.7. The van der Waals surface area contributed by atoms with Crippen molar-refractivity contribution in [1.82, 2.24) is 4.57 Å². The molecule has 0 unspecified atom stereocenters. The molecule has 0 saturated carbocycles. The van der Waals surface area contributed by atoms with E-state index in [-0.39, 0.29) is 5.56 Å². The monoisotopic (exact) mass is 345 g/mol. The van der Waals surface area contributed by atoms with Gasteiger partial charge in [-0.1, -0.05) is 32.1 Å². The molecule has 0 aliphatic rings. The molecule has 0 aromatic carbocycles. The molecule has 0 aliphatic heterocycles. The van der Waals surface area contributed by atoms with E-state index in [1.807, 2.05) is 23.8 Å². The standard InChI is InChI=1S/C15H24BrNOS/c1-13-11-14(16)12-17(15(13)18)9-7-5-3-2-4-6-8-10-19/h11-12,19H,2-10H2,1H3. The van der Waals surface area contributed by atoms with Gasteiger partial charge in [0.25, 0.3) is 5.56 Å². The van der Waals surface area contributed by atoms with Crippen molar-refractivity contribution in [3.8, 4) is 0 Å². The third-order valence-electron chi connectivity index (χ3n) is 3.29. The van der Waals surface area contributed by atoms with Crippen molar-refractivity contribution in [3.05, 3.63) is 32.7 Å². The van der Waals surface area contributed by atoms with E-state index in [4.69, 9.17) is 0 Å².